The largest absolute Gasteiger partial charge is 0.417 e. The number of amides is 1. The first kappa shape index (κ1) is 21.7. The number of likely N-dealkylation sites (tertiary alicyclic amines) is 1. The molecule has 1 aromatic carbocycles. The topological polar surface area (TPSA) is 83.9 Å². The molecule has 158 valence electrons. The van der Waals surface area contributed by atoms with E-state index in [1.165, 1.54) is 23.2 Å². The fourth-order valence-corrected chi connectivity index (χ4v) is 3.39. The molecular formula is C19H16ClF4N5O. The monoisotopic (exact) mass is 441 g/mol. The van der Waals surface area contributed by atoms with Crippen molar-refractivity contribution in [2.45, 2.75) is 25.6 Å². The van der Waals surface area contributed by atoms with Crippen LogP contribution in [0.5, 0.6) is 0 Å². The van der Waals surface area contributed by atoms with Crippen molar-refractivity contribution in [2.24, 2.45) is 15.9 Å². The van der Waals surface area contributed by atoms with Gasteiger partial charge in [-0.3, -0.25) is 4.79 Å². The van der Waals surface area contributed by atoms with Crippen molar-refractivity contribution in [2.75, 3.05) is 6.54 Å². The molecule has 0 saturated carbocycles. The molecule has 11 heteroatoms. The Balaban J connectivity index is 1.91. The molecule has 30 heavy (non-hydrogen) atoms. The normalized spacial score (nSPS) is 20.1. The molecular weight excluding hydrogens is 426 g/mol. The minimum Gasteiger partial charge on any atom is -0.329 e. The average molecular weight is 442 g/mol. The first-order chi connectivity index (χ1) is 14.1. The first-order valence-electron chi connectivity index (χ1n) is 8.74. The Labute approximate surface area is 174 Å². The molecule has 2 heterocycles. The summed E-state index contributed by atoms with van der Waals surface area (Å²) < 4.78 is 52.7. The van der Waals surface area contributed by atoms with E-state index < -0.39 is 34.5 Å². The number of rotatable bonds is 2. The zero-order valence-electron chi connectivity index (χ0n) is 15.6. The van der Waals surface area contributed by atoms with Gasteiger partial charge < -0.3 is 10.7 Å². The van der Waals surface area contributed by atoms with Crippen LogP contribution in [0.1, 0.15) is 29.3 Å². The van der Waals surface area contributed by atoms with Gasteiger partial charge in [-0.15, -0.1) is 0 Å². The molecule has 0 bridgehead atoms. The maximum Gasteiger partial charge on any atom is 0.417 e. The molecule has 2 aromatic rings. The highest BCUT2D eigenvalue weighted by Crippen LogP contribution is 2.37. The van der Waals surface area contributed by atoms with Crippen LogP contribution in [-0.4, -0.2) is 39.8 Å². The lowest BCUT2D eigenvalue weighted by atomic mass is 9.98. The summed E-state index contributed by atoms with van der Waals surface area (Å²) in [5.74, 6) is 4.33. The summed E-state index contributed by atoms with van der Waals surface area (Å²) in [6.07, 6.45) is -3.25. The van der Waals surface area contributed by atoms with Gasteiger partial charge in [-0.25, -0.2) is 14.4 Å². The zero-order chi connectivity index (χ0) is 22.1. The number of benzene rings is 1. The Kier molecular flexibility index (Phi) is 6.06. The Morgan fingerprint density at radius 1 is 1.30 bits per heavy atom. The van der Waals surface area contributed by atoms with Gasteiger partial charge in [0.05, 0.1) is 28.4 Å². The smallest absolute Gasteiger partial charge is 0.329 e. The van der Waals surface area contributed by atoms with Gasteiger partial charge in [0.2, 0.25) is 0 Å². The number of aliphatic imine (C=N–C) groups is 1. The highest BCUT2D eigenvalue weighted by Gasteiger charge is 2.37. The average Bonchev–Trinajstić information content (AvgIpc) is 2.67. The van der Waals surface area contributed by atoms with Crippen molar-refractivity contribution in [3.63, 3.8) is 0 Å². The number of alkyl halides is 3. The van der Waals surface area contributed by atoms with E-state index in [0.717, 1.165) is 18.2 Å². The van der Waals surface area contributed by atoms with E-state index >= 15 is 0 Å². The third-order valence-corrected chi connectivity index (χ3v) is 4.99. The number of hydrogen-bond donors (Lipinski definition) is 1. The lowest BCUT2D eigenvalue weighted by Gasteiger charge is -2.35. The molecule has 0 radical (unpaired) electrons. The van der Waals surface area contributed by atoms with Crippen molar-refractivity contribution < 1.29 is 22.4 Å². The summed E-state index contributed by atoms with van der Waals surface area (Å²) in [5.41, 5.74) is -0.730. The van der Waals surface area contributed by atoms with Crippen molar-refractivity contribution in [3.05, 3.63) is 58.5 Å². The van der Waals surface area contributed by atoms with Crippen molar-refractivity contribution in [1.82, 2.24) is 9.88 Å². The van der Waals surface area contributed by atoms with Crippen LogP contribution in [0, 0.1) is 5.82 Å². The second-order valence-corrected chi connectivity index (χ2v) is 7.00. The molecule has 1 fully saturated rings. The molecule has 1 aliphatic heterocycles. The third-order valence-electron chi connectivity index (χ3n) is 4.58. The Morgan fingerprint density at radius 2 is 2.03 bits per heavy atom. The number of nitrogens with zero attached hydrogens (tertiary/aromatic N) is 4. The van der Waals surface area contributed by atoms with E-state index in [9.17, 15) is 22.4 Å². The summed E-state index contributed by atoms with van der Waals surface area (Å²) in [6.45, 7) is 1.60. The van der Waals surface area contributed by atoms with Gasteiger partial charge in [-0.2, -0.15) is 18.3 Å². The van der Waals surface area contributed by atoms with Gasteiger partial charge in [0, 0.05) is 24.7 Å². The standard InChI is InChI=1S/C19H16ClF4N5O/c1-10-7-14(27-16-8-11(21)5-6-26-16)15(28-25)9-29(10)18(30)12-3-2-4-13(17(12)20)19(22,23)24/h2-6,8,10H,7,9,25H2,1H3. The summed E-state index contributed by atoms with van der Waals surface area (Å²) in [5, 5.41) is 2.98. The summed E-state index contributed by atoms with van der Waals surface area (Å²) in [6, 6.07) is 5.00. The highest BCUT2D eigenvalue weighted by molar-refractivity contribution is 6.44. The van der Waals surface area contributed by atoms with Crippen LogP contribution in [0.15, 0.2) is 46.6 Å². The molecule has 0 spiro atoms. The highest BCUT2D eigenvalue weighted by atomic mass is 35.5. The molecule has 1 amide bonds. The minimum absolute atomic E-state index is 0.1000. The van der Waals surface area contributed by atoms with Gasteiger partial charge in [0.15, 0.2) is 5.82 Å². The summed E-state index contributed by atoms with van der Waals surface area (Å²) in [4.78, 5) is 22.5. The number of hydrazone groups is 1. The van der Waals surface area contributed by atoms with E-state index in [1.54, 1.807) is 6.92 Å². The Morgan fingerprint density at radius 3 is 2.67 bits per heavy atom. The quantitative estimate of drug-likeness (QED) is 0.430. The number of pyridine rings is 1. The van der Waals surface area contributed by atoms with Crippen LogP contribution in [0.25, 0.3) is 0 Å². The Bertz CT molecular complexity index is 1040. The second kappa shape index (κ2) is 8.39. The van der Waals surface area contributed by atoms with Gasteiger partial charge in [0.25, 0.3) is 5.91 Å². The molecule has 1 unspecified atom stereocenters. The van der Waals surface area contributed by atoms with Gasteiger partial charge in [0.1, 0.15) is 11.5 Å². The molecule has 3 rings (SSSR count). The molecule has 0 aliphatic carbocycles. The van der Waals surface area contributed by atoms with Crippen LogP contribution in [0.3, 0.4) is 0 Å². The predicted molar refractivity (Wildman–Crippen MR) is 104 cm³/mol. The predicted octanol–water partition coefficient (Wildman–Crippen LogP) is 4.21. The van der Waals surface area contributed by atoms with Crippen molar-refractivity contribution >= 4 is 34.7 Å². The van der Waals surface area contributed by atoms with E-state index in [1.807, 2.05) is 0 Å². The molecule has 1 saturated heterocycles. The minimum atomic E-state index is -4.69. The van der Waals surface area contributed by atoms with E-state index in [0.29, 0.717) is 5.71 Å². The second-order valence-electron chi connectivity index (χ2n) is 6.62. The Hall–Kier alpha value is -3.01. The van der Waals surface area contributed by atoms with Gasteiger partial charge >= 0.3 is 6.18 Å². The van der Waals surface area contributed by atoms with Crippen LogP contribution >= 0.6 is 11.6 Å². The number of aromatic nitrogens is 1. The van der Waals surface area contributed by atoms with Gasteiger partial charge in [-0.1, -0.05) is 17.7 Å². The number of carbonyl (C=O) groups is 1. The summed E-state index contributed by atoms with van der Waals surface area (Å²) >= 11 is 5.89. The van der Waals surface area contributed by atoms with E-state index in [4.69, 9.17) is 17.4 Å². The molecule has 1 aliphatic rings. The van der Waals surface area contributed by atoms with Gasteiger partial charge in [-0.05, 0) is 25.1 Å². The zero-order valence-corrected chi connectivity index (χ0v) is 16.4. The van der Waals surface area contributed by atoms with E-state index in [-0.39, 0.29) is 30.1 Å². The number of carbonyl (C=O) groups excluding carboxylic acids is 1. The van der Waals surface area contributed by atoms with Crippen LogP contribution in [0.2, 0.25) is 5.02 Å². The lowest BCUT2D eigenvalue weighted by molar-refractivity contribution is -0.137. The molecule has 6 nitrogen and oxygen atoms in total. The van der Waals surface area contributed by atoms with Crippen molar-refractivity contribution in [1.29, 1.82) is 0 Å². The maximum atomic E-state index is 13.4. The van der Waals surface area contributed by atoms with Crippen molar-refractivity contribution in [3.8, 4) is 0 Å². The number of halogens is 5. The fourth-order valence-electron chi connectivity index (χ4n) is 3.08. The first-order valence-corrected chi connectivity index (χ1v) is 9.12. The molecule has 1 aromatic heterocycles. The lowest BCUT2D eigenvalue weighted by Crippen LogP contribution is -2.50. The molecule has 1 atom stereocenters. The SMILES string of the molecule is CC1CC(=Nc2cc(F)ccn2)C(=NN)CN1C(=O)c1cccc(C(F)(F)F)c1Cl. The number of hydrogen-bond acceptors (Lipinski definition) is 5. The summed E-state index contributed by atoms with van der Waals surface area (Å²) in [7, 11) is 0. The molecule has 2 N–H and O–H groups in total. The third kappa shape index (κ3) is 4.43. The maximum absolute atomic E-state index is 13.4. The fraction of sp³-hybridized carbons (Fsp3) is 0.263. The van der Waals surface area contributed by atoms with Crippen LogP contribution < -0.4 is 5.84 Å². The number of nitrogens with two attached hydrogens (primary N) is 1. The van der Waals surface area contributed by atoms with Crippen LogP contribution in [-0.2, 0) is 6.18 Å². The van der Waals surface area contributed by atoms with Crippen LogP contribution in [0.4, 0.5) is 23.4 Å². The van der Waals surface area contributed by atoms with E-state index in [2.05, 4.69) is 15.1 Å². The number of piperidine rings is 1.